The van der Waals surface area contributed by atoms with Crippen molar-refractivity contribution in [2.45, 2.75) is 163 Å². The Labute approximate surface area is 273 Å². The van der Waals surface area contributed by atoms with Crippen LogP contribution in [0, 0.1) is 21.7 Å². The van der Waals surface area contributed by atoms with Crippen LogP contribution in [0.5, 0.6) is 0 Å². The van der Waals surface area contributed by atoms with Crippen LogP contribution in [0.1, 0.15) is 138 Å². The van der Waals surface area contributed by atoms with Gasteiger partial charge in [0.25, 0.3) is 0 Å². The second kappa shape index (κ2) is 21.5. The van der Waals surface area contributed by atoms with Crippen LogP contribution < -0.4 is 20.4 Å². The topological polar surface area (TPSA) is 142 Å². The Morgan fingerprint density at radius 1 is 0.341 bits per heavy atom. The third kappa shape index (κ3) is 34.9. The molecule has 0 aromatic heterocycles. The molecule has 0 heterocycles. The van der Waals surface area contributed by atoms with E-state index in [1.165, 1.54) is 0 Å². The number of aliphatic imine (C=N–C) groups is 4. The van der Waals surface area contributed by atoms with E-state index in [2.05, 4.69) is 20.0 Å². The second-order valence-corrected chi connectivity index (χ2v) is 15.1. The zero-order chi connectivity index (χ0) is 33.4. The van der Waals surface area contributed by atoms with Gasteiger partial charge in [-0.1, -0.05) is 83.1 Å². The first-order valence-corrected chi connectivity index (χ1v) is 14.4. The molecule has 0 aromatic rings. The minimum Gasteiger partial charge on any atom is -0.862 e. The molecule has 0 saturated heterocycles. The quantitative estimate of drug-likeness (QED) is 0.316. The van der Waals surface area contributed by atoms with Crippen molar-refractivity contribution >= 4 is 23.6 Å². The van der Waals surface area contributed by atoms with E-state index in [0.717, 1.165) is 0 Å². The number of nitrogens with zero attached hydrogens (tertiary/aromatic N) is 4. The van der Waals surface area contributed by atoms with Crippen LogP contribution in [-0.4, -0.2) is 47.8 Å². The molecule has 0 atom stereocenters. The Morgan fingerprint density at radius 2 is 0.439 bits per heavy atom. The molecule has 0 unspecified atom stereocenters. The summed E-state index contributed by atoms with van der Waals surface area (Å²) in [6, 6.07) is 0.469. The van der Waals surface area contributed by atoms with E-state index >= 15 is 0 Å². The first kappa shape index (κ1) is 49.4. The fraction of sp³-hybridized carbons (Fsp3) is 0.875. The maximum atomic E-state index is 11.1. The van der Waals surface area contributed by atoms with Crippen LogP contribution in [0.25, 0.3) is 0 Å². The molecule has 0 fully saturated rings. The van der Waals surface area contributed by atoms with E-state index in [-0.39, 0.29) is 95.6 Å². The Balaban J connectivity index is -0.000000139. The van der Waals surface area contributed by atoms with Crippen molar-refractivity contribution in [1.29, 1.82) is 0 Å². The summed E-state index contributed by atoms with van der Waals surface area (Å²) in [5.41, 5.74) is -1.26. The average Bonchev–Trinajstić information content (AvgIpc) is 2.64. The molecule has 0 aliphatic heterocycles. The fourth-order valence-corrected chi connectivity index (χ4v) is 1.71. The van der Waals surface area contributed by atoms with Crippen LogP contribution in [0.2, 0.25) is 0 Å². The monoisotopic (exact) mass is 658 g/mol. The first-order chi connectivity index (χ1) is 17.3. The van der Waals surface area contributed by atoms with E-state index in [9.17, 15) is 20.4 Å². The van der Waals surface area contributed by atoms with Gasteiger partial charge in [-0.2, -0.15) is 0 Å². The van der Waals surface area contributed by atoms with Gasteiger partial charge in [-0.25, -0.2) is 0 Å². The first-order valence-electron chi connectivity index (χ1n) is 14.4. The zero-order valence-corrected chi connectivity index (χ0v) is 32.7. The van der Waals surface area contributed by atoms with Gasteiger partial charge in [0.2, 0.25) is 0 Å². The molecule has 0 N–H and O–H groups in total. The molecule has 0 bridgehead atoms. The minimum atomic E-state index is -0.315. The summed E-state index contributed by atoms with van der Waals surface area (Å²) >= 11 is 0. The van der Waals surface area contributed by atoms with Gasteiger partial charge in [0.15, 0.2) is 0 Å². The normalized spacial score (nSPS) is 14.0. The van der Waals surface area contributed by atoms with Crippen molar-refractivity contribution in [2.24, 2.45) is 41.6 Å². The maximum absolute atomic E-state index is 11.1. The summed E-state index contributed by atoms with van der Waals surface area (Å²) in [7, 11) is 0. The largest absolute Gasteiger partial charge is 4.00 e. The molecule has 8 nitrogen and oxygen atoms in total. The molecule has 0 rings (SSSR count). The van der Waals surface area contributed by atoms with Gasteiger partial charge in [-0.15, -0.1) is 0 Å². The summed E-state index contributed by atoms with van der Waals surface area (Å²) in [6.45, 7) is 37.8. The summed E-state index contributed by atoms with van der Waals surface area (Å²) in [5.74, 6) is -0.0463. The van der Waals surface area contributed by atoms with Gasteiger partial charge in [-0.3, -0.25) is 0 Å². The summed E-state index contributed by atoms with van der Waals surface area (Å²) in [4.78, 5) is 15.6. The minimum absolute atomic E-state index is 0. The molecule has 0 spiro atoms. The van der Waals surface area contributed by atoms with E-state index in [4.69, 9.17) is 0 Å². The number of hydrogen-bond acceptors (Lipinski definition) is 8. The van der Waals surface area contributed by atoms with Crippen molar-refractivity contribution in [3.05, 3.63) is 0 Å². The van der Waals surface area contributed by atoms with E-state index in [0.29, 0.717) is 0 Å². The van der Waals surface area contributed by atoms with Gasteiger partial charge in [0.05, 0.1) is 0 Å². The standard InChI is InChI=1S/4C8H17NO.Zr/c4*1-6(2)9-7(10)8(3,4)5;/h4*6H,1-5H3,(H,9,10);/q;;;;+4/p-4. The SMILES string of the molecule is CC(C)N=C([O-])C(C)(C)C.CC(C)N=C([O-])C(C)(C)C.CC(C)N=C([O-])C(C)(C)C.CC(C)N=C([O-])C(C)(C)C.[Zr+4]. The van der Waals surface area contributed by atoms with Gasteiger partial charge in [0, 0.05) is 24.2 Å². The Hall–Kier alpha value is -1.24. The molecule has 0 radical (unpaired) electrons. The van der Waals surface area contributed by atoms with E-state index in [1.54, 1.807) is 0 Å². The average molecular weight is 660 g/mol. The van der Waals surface area contributed by atoms with Crippen LogP contribution in [0.4, 0.5) is 0 Å². The third-order valence-corrected chi connectivity index (χ3v) is 4.07. The smallest absolute Gasteiger partial charge is 0.862 e. The molecular formula is C32H64N4O4Zr. The fourth-order valence-electron chi connectivity index (χ4n) is 1.71. The van der Waals surface area contributed by atoms with Crippen LogP contribution in [0.15, 0.2) is 20.0 Å². The van der Waals surface area contributed by atoms with Gasteiger partial charge < -0.3 is 40.4 Å². The molecule has 0 amide bonds. The van der Waals surface area contributed by atoms with Crippen LogP contribution >= 0.6 is 0 Å². The van der Waals surface area contributed by atoms with Crippen molar-refractivity contribution in [1.82, 2.24) is 0 Å². The molecule has 41 heavy (non-hydrogen) atoms. The van der Waals surface area contributed by atoms with Crippen molar-refractivity contribution in [3.63, 3.8) is 0 Å². The molecule has 0 aliphatic carbocycles. The second-order valence-electron chi connectivity index (χ2n) is 15.1. The van der Waals surface area contributed by atoms with E-state index < -0.39 is 0 Å². The summed E-state index contributed by atoms with van der Waals surface area (Å²) in [6.07, 6.45) is 0. The van der Waals surface area contributed by atoms with Gasteiger partial charge >= 0.3 is 26.2 Å². The Morgan fingerprint density at radius 3 is 0.463 bits per heavy atom. The van der Waals surface area contributed by atoms with Gasteiger partial charge in [0.1, 0.15) is 0 Å². The number of hydrogen-bond donors (Lipinski definition) is 0. The van der Waals surface area contributed by atoms with E-state index in [1.807, 2.05) is 138 Å². The summed E-state index contributed by atoms with van der Waals surface area (Å²) in [5, 5.41) is 44.4. The zero-order valence-electron chi connectivity index (χ0n) is 30.2. The molecule has 0 aromatic carbocycles. The van der Waals surface area contributed by atoms with Crippen molar-refractivity contribution < 1.29 is 46.6 Å². The molecular weight excluding hydrogens is 596 g/mol. The molecule has 240 valence electrons. The predicted octanol–water partition coefficient (Wildman–Crippen LogP) is 4.80. The van der Waals surface area contributed by atoms with Crippen molar-refractivity contribution in [2.75, 3.05) is 0 Å². The van der Waals surface area contributed by atoms with Gasteiger partial charge in [-0.05, 0) is 101 Å². The number of rotatable bonds is 4. The maximum Gasteiger partial charge on any atom is 4.00 e. The molecule has 9 heteroatoms. The molecule has 0 aliphatic rings. The summed E-state index contributed by atoms with van der Waals surface area (Å²) < 4.78 is 0. The van der Waals surface area contributed by atoms with Crippen LogP contribution in [0.3, 0.4) is 0 Å². The van der Waals surface area contributed by atoms with Crippen molar-refractivity contribution in [3.8, 4) is 0 Å². The Bertz CT molecular complexity index is 666. The van der Waals surface area contributed by atoms with Crippen LogP contribution in [-0.2, 0) is 26.2 Å². The predicted molar refractivity (Wildman–Crippen MR) is 168 cm³/mol. The Kier molecular flexibility index (Phi) is 25.9. The third-order valence-electron chi connectivity index (χ3n) is 4.07. The molecule has 0 saturated carbocycles.